The first-order valence-corrected chi connectivity index (χ1v) is 4.55. The summed E-state index contributed by atoms with van der Waals surface area (Å²) in [5.74, 6) is 2.22. The minimum absolute atomic E-state index is 0.197. The van der Waals surface area contributed by atoms with Crippen LogP contribution in [0.3, 0.4) is 0 Å². The van der Waals surface area contributed by atoms with Gasteiger partial charge < -0.3 is 10.7 Å². The fourth-order valence-corrected chi connectivity index (χ4v) is 1.05. The lowest BCUT2D eigenvalue weighted by molar-refractivity contribution is 0.0948. The van der Waals surface area contributed by atoms with Crippen molar-refractivity contribution in [3.63, 3.8) is 0 Å². The Hall–Kier alpha value is -2.08. The summed E-state index contributed by atoms with van der Waals surface area (Å²) in [6.07, 6.45) is 6.38. The lowest BCUT2D eigenvalue weighted by atomic mass is 10.1. The van der Waals surface area contributed by atoms with E-state index in [0.29, 0.717) is 5.56 Å². The van der Waals surface area contributed by atoms with Crippen LogP contribution in [-0.2, 0) is 0 Å². The second-order valence-electron chi connectivity index (χ2n) is 3.13. The topological polar surface area (TPSA) is 53.0 Å². The summed E-state index contributed by atoms with van der Waals surface area (Å²) in [5, 5.41) is 9.66. The van der Waals surface area contributed by atoms with Crippen LogP contribution in [0.4, 0.5) is 0 Å². The Labute approximate surface area is 89.0 Å². The summed E-state index contributed by atoms with van der Waals surface area (Å²) in [6.45, 7) is 1.74. The lowest BCUT2D eigenvalue weighted by Crippen LogP contribution is -2.31. The van der Waals surface area contributed by atoms with Gasteiger partial charge in [-0.15, -0.1) is 6.42 Å². The monoisotopic (exact) mass is 200 g/mol. The molecule has 1 aromatic carbocycles. The van der Waals surface area contributed by atoms with Gasteiger partial charge in [-0.1, -0.05) is 18.1 Å². The molecule has 3 nitrogen and oxygen atoms in total. The molecule has 0 bridgehead atoms. The molecule has 1 amide bonds. The van der Waals surface area contributed by atoms with Gasteiger partial charge in [-0.3, -0.25) is 4.79 Å². The molecule has 1 rings (SSSR count). The van der Waals surface area contributed by atoms with Gasteiger partial charge in [-0.2, -0.15) is 0 Å². The Morgan fingerprint density at radius 1 is 1.53 bits per heavy atom. The molecule has 0 radical (unpaired) electrons. The molecular formula is C12H12N2O. The predicted octanol–water partition coefficient (Wildman–Crippen LogP) is 1.44. The van der Waals surface area contributed by atoms with Gasteiger partial charge in [0.1, 0.15) is 0 Å². The summed E-state index contributed by atoms with van der Waals surface area (Å²) in [6, 6.07) is 6.47. The van der Waals surface area contributed by atoms with E-state index in [1.807, 2.05) is 0 Å². The maximum absolute atomic E-state index is 11.5. The van der Waals surface area contributed by atoms with Crippen molar-refractivity contribution < 1.29 is 4.79 Å². The largest absolute Gasteiger partial charge is 0.339 e. The first-order chi connectivity index (χ1) is 7.17. The molecule has 15 heavy (non-hydrogen) atoms. The number of benzene rings is 1. The Balaban J connectivity index is 2.75. The number of nitrogens with one attached hydrogen (secondary N) is 2. The second-order valence-corrected chi connectivity index (χ2v) is 3.13. The van der Waals surface area contributed by atoms with Crippen molar-refractivity contribution in [1.82, 2.24) is 5.32 Å². The summed E-state index contributed by atoms with van der Waals surface area (Å²) in [5.41, 5.74) is 1.30. The van der Waals surface area contributed by atoms with Crippen molar-refractivity contribution in [3.05, 3.63) is 35.4 Å². The quantitative estimate of drug-likeness (QED) is 0.563. The van der Waals surface area contributed by atoms with Gasteiger partial charge in [0, 0.05) is 11.8 Å². The molecule has 0 aliphatic heterocycles. The number of hydrogen-bond acceptors (Lipinski definition) is 2. The molecule has 1 unspecified atom stereocenters. The van der Waals surface area contributed by atoms with E-state index in [4.69, 9.17) is 11.8 Å². The van der Waals surface area contributed by atoms with Gasteiger partial charge >= 0.3 is 0 Å². The van der Waals surface area contributed by atoms with Crippen molar-refractivity contribution in [3.8, 4) is 12.3 Å². The number of hydrogen-bond donors (Lipinski definition) is 2. The van der Waals surface area contributed by atoms with Gasteiger partial charge in [-0.05, 0) is 24.6 Å². The zero-order valence-corrected chi connectivity index (χ0v) is 8.45. The van der Waals surface area contributed by atoms with Gasteiger partial charge in [0.15, 0.2) is 0 Å². The van der Waals surface area contributed by atoms with E-state index in [-0.39, 0.29) is 11.9 Å². The highest BCUT2D eigenvalue weighted by atomic mass is 16.1. The van der Waals surface area contributed by atoms with Gasteiger partial charge in [-0.25, -0.2) is 0 Å². The number of carbonyl (C=O) groups is 1. The van der Waals surface area contributed by atoms with Crippen LogP contribution in [0.15, 0.2) is 24.3 Å². The molecule has 0 saturated heterocycles. The van der Waals surface area contributed by atoms with E-state index < -0.39 is 0 Å². The third-order valence-corrected chi connectivity index (χ3v) is 1.94. The van der Waals surface area contributed by atoms with Gasteiger partial charge in [0.2, 0.25) is 0 Å². The van der Waals surface area contributed by atoms with E-state index in [0.717, 1.165) is 5.56 Å². The zero-order chi connectivity index (χ0) is 11.3. The van der Waals surface area contributed by atoms with Gasteiger partial charge in [0.05, 0.1) is 6.04 Å². The van der Waals surface area contributed by atoms with Crippen LogP contribution in [0.25, 0.3) is 0 Å². The molecule has 0 aliphatic carbocycles. The van der Waals surface area contributed by atoms with Crippen molar-refractivity contribution in [1.29, 1.82) is 5.41 Å². The highest BCUT2D eigenvalue weighted by molar-refractivity contribution is 5.95. The first kappa shape index (κ1) is 11.0. The van der Waals surface area contributed by atoms with Crippen LogP contribution < -0.4 is 5.32 Å². The van der Waals surface area contributed by atoms with E-state index in [1.165, 1.54) is 6.21 Å². The molecule has 0 fully saturated rings. The van der Waals surface area contributed by atoms with E-state index >= 15 is 0 Å². The molecule has 3 heteroatoms. The molecule has 0 aliphatic rings. The highest BCUT2D eigenvalue weighted by Crippen LogP contribution is 2.02. The zero-order valence-electron chi connectivity index (χ0n) is 8.45. The van der Waals surface area contributed by atoms with Crippen LogP contribution in [0.2, 0.25) is 0 Å². The lowest BCUT2D eigenvalue weighted by Gasteiger charge is -2.07. The molecule has 1 aromatic rings. The average Bonchev–Trinajstić information content (AvgIpc) is 2.29. The summed E-state index contributed by atoms with van der Waals surface area (Å²) in [7, 11) is 0. The Morgan fingerprint density at radius 3 is 2.60 bits per heavy atom. The highest BCUT2D eigenvalue weighted by Gasteiger charge is 2.06. The van der Waals surface area contributed by atoms with Crippen molar-refractivity contribution >= 4 is 12.1 Å². The third-order valence-electron chi connectivity index (χ3n) is 1.94. The number of terminal acetylenes is 1. The van der Waals surface area contributed by atoms with Gasteiger partial charge in [0.25, 0.3) is 5.91 Å². The molecule has 0 spiro atoms. The Bertz CT molecular complexity index is 401. The molecule has 1 atom stereocenters. The maximum Gasteiger partial charge on any atom is 0.252 e. The molecule has 0 heterocycles. The van der Waals surface area contributed by atoms with E-state index in [2.05, 4.69) is 11.2 Å². The average molecular weight is 200 g/mol. The Kier molecular flexibility index (Phi) is 3.64. The molecular weight excluding hydrogens is 188 g/mol. The van der Waals surface area contributed by atoms with Crippen LogP contribution >= 0.6 is 0 Å². The number of amides is 1. The summed E-state index contributed by atoms with van der Waals surface area (Å²) < 4.78 is 0. The van der Waals surface area contributed by atoms with Crippen LogP contribution in [0.5, 0.6) is 0 Å². The van der Waals surface area contributed by atoms with Crippen LogP contribution in [-0.4, -0.2) is 18.2 Å². The summed E-state index contributed by atoms with van der Waals surface area (Å²) >= 11 is 0. The van der Waals surface area contributed by atoms with E-state index in [9.17, 15) is 4.79 Å². The third kappa shape index (κ3) is 2.96. The second kappa shape index (κ2) is 4.97. The first-order valence-electron chi connectivity index (χ1n) is 4.55. The minimum Gasteiger partial charge on any atom is -0.339 e. The molecule has 0 aromatic heterocycles. The SMILES string of the molecule is C#CC(C)NC(=O)c1ccc(C=N)cc1. The van der Waals surface area contributed by atoms with Crippen LogP contribution in [0.1, 0.15) is 22.8 Å². The smallest absolute Gasteiger partial charge is 0.252 e. The van der Waals surface area contributed by atoms with Crippen LogP contribution in [0, 0.1) is 17.8 Å². The predicted molar refractivity (Wildman–Crippen MR) is 60.1 cm³/mol. The minimum atomic E-state index is -0.278. The molecule has 0 saturated carbocycles. The standard InChI is InChI=1S/C12H12N2O/c1-3-9(2)14-12(15)11-6-4-10(8-13)5-7-11/h1,4-9,13H,2H3,(H,14,15). The molecule has 76 valence electrons. The van der Waals surface area contributed by atoms with E-state index in [1.54, 1.807) is 31.2 Å². The Morgan fingerprint density at radius 2 is 2.13 bits per heavy atom. The fraction of sp³-hybridized carbons (Fsp3) is 0.167. The number of rotatable bonds is 3. The maximum atomic E-state index is 11.5. The molecule has 2 N–H and O–H groups in total. The summed E-state index contributed by atoms with van der Waals surface area (Å²) in [4.78, 5) is 11.5. The fourth-order valence-electron chi connectivity index (χ4n) is 1.05. The van der Waals surface area contributed by atoms with Crippen molar-refractivity contribution in [2.24, 2.45) is 0 Å². The van der Waals surface area contributed by atoms with Crippen molar-refractivity contribution in [2.75, 3.05) is 0 Å². The normalized spacial score (nSPS) is 11.2. The number of carbonyl (C=O) groups excluding carboxylic acids is 1. The van der Waals surface area contributed by atoms with Crippen molar-refractivity contribution in [2.45, 2.75) is 13.0 Å².